The molecule has 3 N–H and O–H groups in total. The monoisotopic (exact) mass is 497 g/mol. The highest BCUT2D eigenvalue weighted by atomic mass is 35.5. The standard InChI is InChI=1S/C28H33ClFN3O2/c1-15-14-31-24-18(15)11-8-12-19(24)20-13-21(30)25-22(23(20)29)16(2)26(28(3,4)33-25)35-27(34)32-17-9-6-5-7-10-17/h8,11-14,16-17,26,31,33H,5-7,9-10H2,1-4H3,(H,32,34). The van der Waals surface area contributed by atoms with Gasteiger partial charge in [0.2, 0.25) is 0 Å². The second-order valence-electron chi connectivity index (χ2n) is 10.6. The summed E-state index contributed by atoms with van der Waals surface area (Å²) in [4.78, 5) is 16.1. The predicted molar refractivity (Wildman–Crippen MR) is 140 cm³/mol. The Morgan fingerprint density at radius 3 is 2.69 bits per heavy atom. The second kappa shape index (κ2) is 9.05. The van der Waals surface area contributed by atoms with Gasteiger partial charge in [-0.3, -0.25) is 0 Å². The van der Waals surface area contributed by atoms with Crippen molar-refractivity contribution in [2.75, 3.05) is 5.32 Å². The highest BCUT2D eigenvalue weighted by Crippen LogP contribution is 2.49. The molecule has 2 atom stereocenters. The number of hydrogen-bond donors (Lipinski definition) is 3. The van der Waals surface area contributed by atoms with Gasteiger partial charge in [-0.2, -0.15) is 0 Å². The largest absolute Gasteiger partial charge is 0.443 e. The first kappa shape index (κ1) is 24.0. The minimum Gasteiger partial charge on any atom is -0.443 e. The molecule has 1 fully saturated rings. The van der Waals surface area contributed by atoms with Crippen LogP contribution in [0.5, 0.6) is 0 Å². The summed E-state index contributed by atoms with van der Waals surface area (Å²) in [6.45, 7) is 7.84. The number of alkyl carbamates (subject to hydrolysis) is 1. The van der Waals surface area contributed by atoms with E-state index in [1.165, 1.54) is 12.5 Å². The van der Waals surface area contributed by atoms with Gasteiger partial charge >= 0.3 is 6.09 Å². The number of ether oxygens (including phenoxy) is 1. The van der Waals surface area contributed by atoms with Crippen molar-refractivity contribution in [2.45, 2.75) is 83.4 Å². The van der Waals surface area contributed by atoms with Gasteiger partial charge in [0.25, 0.3) is 0 Å². The third kappa shape index (κ3) is 4.26. The normalized spacial score (nSPS) is 21.9. The maximum atomic E-state index is 15.6. The number of rotatable bonds is 3. The molecule has 0 radical (unpaired) electrons. The fourth-order valence-electron chi connectivity index (χ4n) is 5.90. The Bertz CT molecular complexity index is 1280. The number of aromatic nitrogens is 1. The lowest BCUT2D eigenvalue weighted by Crippen LogP contribution is -2.54. The molecule has 0 saturated heterocycles. The van der Waals surface area contributed by atoms with Crippen molar-refractivity contribution in [2.24, 2.45) is 0 Å². The minimum absolute atomic E-state index is 0.149. The Morgan fingerprint density at radius 2 is 1.94 bits per heavy atom. The number of hydrogen-bond acceptors (Lipinski definition) is 3. The fraction of sp³-hybridized carbons (Fsp3) is 0.464. The number of anilines is 1. The van der Waals surface area contributed by atoms with Gasteiger partial charge in [-0.05, 0) is 45.2 Å². The van der Waals surface area contributed by atoms with E-state index in [4.69, 9.17) is 16.3 Å². The lowest BCUT2D eigenvalue weighted by atomic mass is 9.78. The molecule has 186 valence electrons. The van der Waals surface area contributed by atoms with Gasteiger partial charge in [-0.25, -0.2) is 9.18 Å². The first-order valence-electron chi connectivity index (χ1n) is 12.5. The second-order valence-corrected chi connectivity index (χ2v) is 11.0. The number of carbonyl (C=O) groups excluding carboxylic acids is 1. The Morgan fingerprint density at radius 1 is 1.20 bits per heavy atom. The van der Waals surface area contributed by atoms with Crippen molar-refractivity contribution in [3.8, 4) is 11.1 Å². The van der Waals surface area contributed by atoms with E-state index >= 15 is 4.39 Å². The van der Waals surface area contributed by atoms with Crippen LogP contribution >= 0.6 is 11.6 Å². The zero-order valence-electron chi connectivity index (χ0n) is 20.7. The van der Waals surface area contributed by atoms with Gasteiger partial charge in [0.05, 0.1) is 21.8 Å². The molecule has 1 aliphatic carbocycles. The van der Waals surface area contributed by atoms with Crippen LogP contribution in [0.25, 0.3) is 22.0 Å². The van der Waals surface area contributed by atoms with Crippen molar-refractivity contribution >= 4 is 34.3 Å². The van der Waals surface area contributed by atoms with E-state index in [-0.39, 0.29) is 17.8 Å². The predicted octanol–water partition coefficient (Wildman–Crippen LogP) is 7.67. The van der Waals surface area contributed by atoms with Crippen LogP contribution < -0.4 is 10.6 Å². The molecule has 1 saturated carbocycles. The van der Waals surface area contributed by atoms with Gasteiger partial charge in [-0.15, -0.1) is 0 Å². The van der Waals surface area contributed by atoms with Crippen LogP contribution in [0.3, 0.4) is 0 Å². The van der Waals surface area contributed by atoms with E-state index in [9.17, 15) is 4.79 Å². The average Bonchev–Trinajstić information content (AvgIpc) is 3.20. The number of amides is 1. The molecule has 2 aliphatic rings. The van der Waals surface area contributed by atoms with E-state index in [2.05, 4.69) is 15.6 Å². The van der Waals surface area contributed by atoms with E-state index in [1.54, 1.807) is 0 Å². The molecule has 1 amide bonds. The lowest BCUT2D eigenvalue weighted by Gasteiger charge is -2.45. The number of para-hydroxylation sites is 1. The van der Waals surface area contributed by atoms with Crippen LogP contribution in [0, 0.1) is 12.7 Å². The number of aromatic amines is 1. The fourth-order valence-corrected chi connectivity index (χ4v) is 6.32. The summed E-state index contributed by atoms with van der Waals surface area (Å²) in [6, 6.07) is 7.59. The summed E-state index contributed by atoms with van der Waals surface area (Å²) in [7, 11) is 0. The quantitative estimate of drug-likeness (QED) is 0.347. The van der Waals surface area contributed by atoms with Crippen LogP contribution in [-0.2, 0) is 4.74 Å². The average molecular weight is 498 g/mol. The molecule has 5 nitrogen and oxygen atoms in total. The van der Waals surface area contributed by atoms with E-state index in [0.29, 0.717) is 21.8 Å². The summed E-state index contributed by atoms with van der Waals surface area (Å²) in [5.41, 5.74) is 3.82. The maximum absolute atomic E-state index is 15.6. The molecule has 1 aliphatic heterocycles. The molecule has 35 heavy (non-hydrogen) atoms. The van der Waals surface area contributed by atoms with Crippen molar-refractivity contribution in [3.63, 3.8) is 0 Å². The van der Waals surface area contributed by atoms with Gasteiger partial charge in [0, 0.05) is 40.2 Å². The number of aryl methyl sites for hydroxylation is 1. The van der Waals surface area contributed by atoms with Crippen LogP contribution in [0.2, 0.25) is 5.02 Å². The lowest BCUT2D eigenvalue weighted by molar-refractivity contribution is 0.0445. The Kier molecular flexibility index (Phi) is 6.20. The van der Waals surface area contributed by atoms with Gasteiger partial charge < -0.3 is 20.4 Å². The third-order valence-electron chi connectivity index (χ3n) is 7.69. The summed E-state index contributed by atoms with van der Waals surface area (Å²) < 4.78 is 21.6. The van der Waals surface area contributed by atoms with Crippen LogP contribution in [0.1, 0.15) is 69.9 Å². The zero-order chi connectivity index (χ0) is 24.9. The van der Waals surface area contributed by atoms with Crippen molar-refractivity contribution in [1.82, 2.24) is 10.3 Å². The molecule has 2 aromatic carbocycles. The van der Waals surface area contributed by atoms with Gasteiger partial charge in [-0.1, -0.05) is 56.0 Å². The maximum Gasteiger partial charge on any atom is 0.407 e. The molecule has 2 unspecified atom stereocenters. The van der Waals surface area contributed by atoms with Crippen LogP contribution in [0.15, 0.2) is 30.5 Å². The van der Waals surface area contributed by atoms with E-state index in [1.807, 2.05) is 52.1 Å². The van der Waals surface area contributed by atoms with Gasteiger partial charge in [0.15, 0.2) is 0 Å². The zero-order valence-corrected chi connectivity index (χ0v) is 21.5. The topological polar surface area (TPSA) is 66.2 Å². The molecule has 2 heterocycles. The van der Waals surface area contributed by atoms with Crippen molar-refractivity contribution in [1.29, 1.82) is 0 Å². The SMILES string of the molecule is Cc1c[nH]c2c(-c3cc(F)c4c(c3Cl)C(C)C(OC(=O)NC3CCCCC3)C(C)(C)N4)cccc12. The number of benzene rings is 2. The minimum atomic E-state index is -0.682. The van der Waals surface area contributed by atoms with Crippen molar-refractivity contribution < 1.29 is 13.9 Å². The first-order valence-corrected chi connectivity index (χ1v) is 12.9. The van der Waals surface area contributed by atoms with Crippen LogP contribution in [0.4, 0.5) is 14.9 Å². The molecular weight excluding hydrogens is 465 g/mol. The molecule has 1 aromatic heterocycles. The number of fused-ring (bicyclic) bond motifs is 2. The Balaban J connectivity index is 1.52. The van der Waals surface area contributed by atoms with Crippen molar-refractivity contribution in [3.05, 3.63) is 52.4 Å². The third-order valence-corrected chi connectivity index (χ3v) is 8.10. The summed E-state index contributed by atoms with van der Waals surface area (Å²) in [5.74, 6) is -0.686. The number of H-pyrrole nitrogens is 1. The first-order chi connectivity index (χ1) is 16.7. The Labute approximate surface area is 210 Å². The highest BCUT2D eigenvalue weighted by Gasteiger charge is 2.45. The summed E-state index contributed by atoms with van der Waals surface area (Å²) in [5, 5.41) is 7.86. The van der Waals surface area contributed by atoms with Crippen LogP contribution in [-0.4, -0.2) is 28.8 Å². The van der Waals surface area contributed by atoms with E-state index < -0.39 is 17.7 Å². The molecule has 3 aromatic rings. The molecular formula is C28H33ClFN3O2. The molecule has 0 bridgehead atoms. The Hall–Kier alpha value is -2.73. The smallest absolute Gasteiger partial charge is 0.407 e. The number of nitrogens with one attached hydrogen (secondary N) is 3. The number of halogens is 2. The molecule has 7 heteroatoms. The molecule has 0 spiro atoms. The summed E-state index contributed by atoms with van der Waals surface area (Å²) in [6.07, 6.45) is 6.39. The number of carbonyl (C=O) groups is 1. The van der Waals surface area contributed by atoms with Gasteiger partial charge in [0.1, 0.15) is 11.9 Å². The molecule has 5 rings (SSSR count). The highest BCUT2D eigenvalue weighted by molar-refractivity contribution is 6.35. The van der Waals surface area contributed by atoms with E-state index in [0.717, 1.165) is 47.7 Å². The summed E-state index contributed by atoms with van der Waals surface area (Å²) >= 11 is 7.01.